The van der Waals surface area contributed by atoms with Gasteiger partial charge in [-0.1, -0.05) is 0 Å². The fourth-order valence-electron chi connectivity index (χ4n) is 5.78. The van der Waals surface area contributed by atoms with E-state index < -0.39 is 16.8 Å². The van der Waals surface area contributed by atoms with Crippen LogP contribution in [-0.4, -0.2) is 101 Å². The lowest BCUT2D eigenvalue weighted by atomic mass is 9.69. The maximum atomic E-state index is 13.9. The number of carbonyl (C=O) groups excluding carboxylic acids is 1. The van der Waals surface area contributed by atoms with Crippen molar-refractivity contribution in [2.75, 3.05) is 71.5 Å². The average molecular weight is 595 g/mol. The van der Waals surface area contributed by atoms with Crippen LogP contribution in [0.5, 0.6) is 0 Å². The largest absolute Gasteiger partial charge is 0.593 e. The van der Waals surface area contributed by atoms with Crippen molar-refractivity contribution < 1.29 is 23.2 Å². The lowest BCUT2D eigenvalue weighted by Crippen LogP contribution is -2.53. The number of hydrogen-bond acceptors (Lipinski definition) is 9. The van der Waals surface area contributed by atoms with Gasteiger partial charge in [0.25, 0.3) is 0 Å². The average Bonchev–Trinajstić information content (AvgIpc) is 3.42. The van der Waals surface area contributed by atoms with E-state index in [1.807, 2.05) is 41.5 Å². The Hall–Kier alpha value is -3.29. The van der Waals surface area contributed by atoms with Crippen LogP contribution in [0.4, 0.5) is 10.2 Å². The van der Waals surface area contributed by atoms with Crippen molar-refractivity contribution in [1.29, 1.82) is 0 Å². The molecule has 2 aromatic heterocycles. The fraction of sp³-hybridized carbons (Fsp3) is 0.433. The lowest BCUT2D eigenvalue weighted by Gasteiger charge is -2.43. The molecule has 2 saturated heterocycles. The molecule has 3 aliphatic rings. The summed E-state index contributed by atoms with van der Waals surface area (Å²) in [5, 5.41) is 4.58. The highest BCUT2D eigenvalue weighted by molar-refractivity contribution is 7.89. The second-order valence-corrected chi connectivity index (χ2v) is 12.6. The summed E-state index contributed by atoms with van der Waals surface area (Å²) in [4.78, 5) is 23.2. The van der Waals surface area contributed by atoms with Crippen LogP contribution in [0.3, 0.4) is 0 Å². The van der Waals surface area contributed by atoms with Gasteiger partial charge in [-0.2, -0.15) is 5.10 Å². The van der Waals surface area contributed by atoms with E-state index in [0.29, 0.717) is 44.0 Å². The molecule has 4 heterocycles. The number of rotatable bonds is 8. The van der Waals surface area contributed by atoms with Gasteiger partial charge < -0.3 is 23.8 Å². The molecule has 0 amide bonds. The zero-order valence-electron chi connectivity index (χ0n) is 23.9. The predicted molar refractivity (Wildman–Crippen MR) is 157 cm³/mol. The second-order valence-electron chi connectivity index (χ2n) is 11.1. The minimum absolute atomic E-state index is 0.249. The third-order valence-electron chi connectivity index (χ3n) is 8.11. The van der Waals surface area contributed by atoms with Gasteiger partial charge in [0.05, 0.1) is 54.9 Å². The molecule has 2 aliphatic heterocycles. The van der Waals surface area contributed by atoms with Crippen molar-refractivity contribution in [1.82, 2.24) is 24.0 Å². The van der Waals surface area contributed by atoms with Crippen molar-refractivity contribution in [3.63, 3.8) is 0 Å². The van der Waals surface area contributed by atoms with Crippen LogP contribution >= 0.6 is 0 Å². The van der Waals surface area contributed by atoms with Crippen LogP contribution in [0.15, 0.2) is 59.3 Å². The van der Waals surface area contributed by atoms with Crippen LogP contribution < -0.4 is 4.90 Å². The zero-order chi connectivity index (χ0) is 29.3. The number of fused-ring (bicyclic) bond motifs is 2. The number of aromatic nitrogens is 3. The third-order valence-corrected chi connectivity index (χ3v) is 9.53. The Balaban J connectivity index is 1.27. The second kappa shape index (κ2) is 12.1. The van der Waals surface area contributed by atoms with Gasteiger partial charge in [-0.3, -0.25) is 4.79 Å². The Morgan fingerprint density at radius 2 is 1.93 bits per heavy atom. The minimum atomic E-state index is -1.51. The van der Waals surface area contributed by atoms with E-state index in [4.69, 9.17) is 9.47 Å². The molecular weight excluding hydrogens is 559 g/mol. The van der Waals surface area contributed by atoms with Crippen molar-refractivity contribution in [2.45, 2.75) is 17.7 Å². The van der Waals surface area contributed by atoms with Gasteiger partial charge in [-0.15, -0.1) is 4.31 Å². The Bertz CT molecular complexity index is 1440. The SMILES string of the molecule is CN(C)CCOC(=O)[C@]12Cc3cnn(-c4ccc(F)cc4)c3C=C1CCN([S+]([O-])c1ccc(N3CCOCC3)nc1)C2. The first-order chi connectivity index (χ1) is 20.3. The van der Waals surface area contributed by atoms with Crippen LogP contribution in [-0.2, 0) is 32.1 Å². The van der Waals surface area contributed by atoms with Crippen molar-refractivity contribution in [2.24, 2.45) is 5.41 Å². The first kappa shape index (κ1) is 28.8. The van der Waals surface area contributed by atoms with Crippen LogP contribution in [0.25, 0.3) is 11.8 Å². The number of piperidine rings is 1. The highest BCUT2D eigenvalue weighted by Gasteiger charge is 2.52. The van der Waals surface area contributed by atoms with Gasteiger partial charge in [0, 0.05) is 32.2 Å². The van der Waals surface area contributed by atoms with E-state index in [0.717, 1.165) is 41.4 Å². The van der Waals surface area contributed by atoms with Crippen molar-refractivity contribution in [3.05, 3.63) is 71.4 Å². The molecule has 1 unspecified atom stereocenters. The van der Waals surface area contributed by atoms with Gasteiger partial charge in [-0.05, 0) is 74.5 Å². The summed E-state index contributed by atoms with van der Waals surface area (Å²) in [5.41, 5.74) is 2.43. The predicted octanol–water partition coefficient (Wildman–Crippen LogP) is 2.70. The molecule has 1 aromatic carbocycles. The minimum Gasteiger partial charge on any atom is -0.593 e. The molecule has 0 saturated carbocycles. The standard InChI is InChI=1S/C30H35FN6O4S/c1-34(2)11-16-41-29(38)30-18-22-19-33-37(25-5-3-24(31)4-6-25)27(22)17-23(30)9-10-36(21-30)42(39)26-7-8-28(32-20-26)35-12-14-40-15-13-35/h3-8,17,19-20H,9-16,18,21H2,1-2H3/t30-,42?/m0/s1. The number of halogens is 1. The zero-order valence-corrected chi connectivity index (χ0v) is 24.7. The van der Waals surface area contributed by atoms with Gasteiger partial charge in [0.1, 0.15) is 23.7 Å². The smallest absolute Gasteiger partial charge is 0.318 e. The Morgan fingerprint density at radius 1 is 1.14 bits per heavy atom. The molecule has 12 heteroatoms. The fourth-order valence-corrected chi connectivity index (χ4v) is 7.00. The number of benzene rings is 1. The van der Waals surface area contributed by atoms with E-state index in [1.165, 1.54) is 12.1 Å². The molecule has 0 radical (unpaired) electrons. The summed E-state index contributed by atoms with van der Waals surface area (Å²) in [6.07, 6.45) is 6.35. The number of likely N-dealkylation sites (N-methyl/N-ethyl adjacent to an activating group) is 1. The number of carbonyl (C=O) groups is 1. The first-order valence-electron chi connectivity index (χ1n) is 14.2. The van der Waals surface area contributed by atoms with Gasteiger partial charge in [-0.25, -0.2) is 14.1 Å². The number of pyridine rings is 1. The van der Waals surface area contributed by atoms with Crippen LogP contribution in [0.1, 0.15) is 17.7 Å². The maximum absolute atomic E-state index is 13.9. The normalized spacial score (nSPS) is 21.5. The summed E-state index contributed by atoms with van der Waals surface area (Å²) in [6.45, 7) is 4.50. The van der Waals surface area contributed by atoms with Crippen LogP contribution in [0, 0.1) is 11.2 Å². The molecule has 42 heavy (non-hydrogen) atoms. The quantitative estimate of drug-likeness (QED) is 0.288. The van der Waals surface area contributed by atoms with E-state index in [1.54, 1.807) is 29.2 Å². The van der Waals surface area contributed by atoms with Gasteiger partial charge >= 0.3 is 5.97 Å². The van der Waals surface area contributed by atoms with E-state index in [2.05, 4.69) is 15.0 Å². The molecule has 3 aromatic rings. The number of morpholine rings is 1. The van der Waals surface area contributed by atoms with Crippen molar-refractivity contribution >= 4 is 29.2 Å². The van der Waals surface area contributed by atoms with Crippen LogP contribution in [0.2, 0.25) is 0 Å². The Morgan fingerprint density at radius 3 is 2.64 bits per heavy atom. The number of nitrogens with zero attached hydrogens (tertiary/aromatic N) is 6. The molecule has 0 spiro atoms. The monoisotopic (exact) mass is 594 g/mol. The lowest BCUT2D eigenvalue weighted by molar-refractivity contribution is -0.155. The summed E-state index contributed by atoms with van der Waals surface area (Å²) >= 11 is -1.51. The summed E-state index contributed by atoms with van der Waals surface area (Å²) in [7, 11) is 3.86. The third kappa shape index (κ3) is 5.69. The van der Waals surface area contributed by atoms with Gasteiger partial charge in [0.15, 0.2) is 4.90 Å². The topological polar surface area (TPSA) is 99.0 Å². The number of hydrogen-bond donors (Lipinski definition) is 0. The summed E-state index contributed by atoms with van der Waals surface area (Å²) in [6, 6.07) is 9.93. The van der Waals surface area contributed by atoms with E-state index in [9.17, 15) is 13.7 Å². The molecule has 0 bridgehead atoms. The number of anilines is 1. The summed E-state index contributed by atoms with van der Waals surface area (Å²) < 4.78 is 42.3. The maximum Gasteiger partial charge on any atom is 0.318 e. The van der Waals surface area contributed by atoms with E-state index in [-0.39, 0.29) is 24.9 Å². The molecule has 222 valence electrons. The van der Waals surface area contributed by atoms with Crippen molar-refractivity contribution in [3.8, 4) is 5.69 Å². The first-order valence-corrected chi connectivity index (χ1v) is 15.3. The number of ether oxygens (including phenoxy) is 2. The molecule has 2 atom stereocenters. The van der Waals surface area contributed by atoms with E-state index >= 15 is 0 Å². The Kier molecular flexibility index (Phi) is 8.33. The molecule has 6 rings (SSSR count). The number of esters is 1. The summed E-state index contributed by atoms with van der Waals surface area (Å²) in [5.74, 6) is 0.198. The Labute approximate surface area is 248 Å². The molecular formula is C30H35FN6O4S. The molecule has 1 aliphatic carbocycles. The highest BCUT2D eigenvalue weighted by Crippen LogP contribution is 2.46. The van der Waals surface area contributed by atoms with Gasteiger partial charge in [0.2, 0.25) is 0 Å². The molecule has 0 N–H and O–H groups in total. The molecule has 10 nitrogen and oxygen atoms in total. The molecule has 2 fully saturated rings. The highest BCUT2D eigenvalue weighted by atomic mass is 32.2.